The molecule has 1 fully saturated rings. The Morgan fingerprint density at radius 1 is 1.18 bits per heavy atom. The summed E-state index contributed by atoms with van der Waals surface area (Å²) in [6, 6.07) is 5.12. The summed E-state index contributed by atoms with van der Waals surface area (Å²) in [4.78, 5) is 5.43. The molecule has 1 aromatic rings. The van der Waals surface area contributed by atoms with Crippen LogP contribution in [0.3, 0.4) is 0 Å². The Bertz CT molecular complexity index is 338. The molecule has 17 heavy (non-hydrogen) atoms. The number of hydrogen-bond acceptors (Lipinski definition) is 3. The monoisotopic (exact) mass is 252 g/mol. The highest BCUT2D eigenvalue weighted by Crippen LogP contribution is 2.31. The highest BCUT2D eigenvalue weighted by atomic mass is 32.1. The van der Waals surface area contributed by atoms with Crippen molar-refractivity contribution >= 4 is 11.3 Å². The summed E-state index contributed by atoms with van der Waals surface area (Å²) in [5.74, 6) is 0. The molecule has 1 aromatic heterocycles. The molecule has 0 spiro atoms. The second-order valence-electron chi connectivity index (χ2n) is 5.20. The molecule has 0 radical (unpaired) electrons. The molecule has 0 amide bonds. The largest absolute Gasteiger partial charge is 0.326 e. The molecule has 1 aliphatic heterocycles. The van der Waals surface area contributed by atoms with Gasteiger partial charge in [-0.2, -0.15) is 0 Å². The van der Waals surface area contributed by atoms with Crippen LogP contribution in [-0.2, 0) is 0 Å². The molecule has 0 saturated carbocycles. The van der Waals surface area contributed by atoms with Gasteiger partial charge >= 0.3 is 0 Å². The Morgan fingerprint density at radius 3 is 2.29 bits per heavy atom. The lowest BCUT2D eigenvalue weighted by molar-refractivity contribution is 0.186. The van der Waals surface area contributed by atoms with E-state index in [0.29, 0.717) is 6.04 Å². The quantitative estimate of drug-likeness (QED) is 0.894. The van der Waals surface area contributed by atoms with Crippen LogP contribution in [0.1, 0.15) is 48.4 Å². The average Bonchev–Trinajstić information content (AvgIpc) is 2.53. The first-order valence-electron chi connectivity index (χ1n) is 6.74. The molecule has 3 heteroatoms. The highest BCUT2D eigenvalue weighted by Gasteiger charge is 2.25. The maximum absolute atomic E-state index is 6.22. The predicted octanol–water partition coefficient (Wildman–Crippen LogP) is 3.32. The van der Waals surface area contributed by atoms with E-state index in [0.717, 1.165) is 0 Å². The Morgan fingerprint density at radius 2 is 1.82 bits per heavy atom. The number of aryl methyl sites for hydroxylation is 1. The number of likely N-dealkylation sites (tertiary alicyclic amines) is 1. The minimum atomic E-state index is 0.214. The lowest BCUT2D eigenvalue weighted by Gasteiger charge is -2.32. The normalized spacial score (nSPS) is 22.1. The molecular formula is C14H24N2S. The fourth-order valence-electron chi connectivity index (χ4n) is 2.76. The van der Waals surface area contributed by atoms with Gasteiger partial charge in [0.05, 0.1) is 6.04 Å². The molecule has 2 rings (SSSR count). The van der Waals surface area contributed by atoms with E-state index in [1.54, 1.807) is 0 Å². The van der Waals surface area contributed by atoms with E-state index in [9.17, 15) is 0 Å². The first kappa shape index (κ1) is 13.1. The van der Waals surface area contributed by atoms with Crippen LogP contribution in [0.25, 0.3) is 0 Å². The lowest BCUT2D eigenvalue weighted by Crippen LogP contribution is -2.39. The molecule has 1 aliphatic rings. The third-order valence-electron chi connectivity index (χ3n) is 3.58. The molecular weight excluding hydrogens is 228 g/mol. The van der Waals surface area contributed by atoms with Crippen LogP contribution in [0, 0.1) is 6.92 Å². The van der Waals surface area contributed by atoms with Crippen LogP contribution in [0.2, 0.25) is 0 Å². The van der Waals surface area contributed by atoms with Crippen molar-refractivity contribution in [3.63, 3.8) is 0 Å². The minimum Gasteiger partial charge on any atom is -0.326 e. The van der Waals surface area contributed by atoms with Gasteiger partial charge in [-0.3, -0.25) is 4.90 Å². The van der Waals surface area contributed by atoms with Crippen molar-refractivity contribution in [2.45, 2.75) is 51.6 Å². The Balaban J connectivity index is 2.15. The number of nitrogens with zero attached hydrogens (tertiary/aromatic N) is 1. The van der Waals surface area contributed by atoms with E-state index in [1.165, 1.54) is 48.5 Å². The molecule has 2 heterocycles. The van der Waals surface area contributed by atoms with Gasteiger partial charge in [0.1, 0.15) is 0 Å². The van der Waals surface area contributed by atoms with Gasteiger partial charge in [0.2, 0.25) is 0 Å². The van der Waals surface area contributed by atoms with Crippen molar-refractivity contribution in [2.75, 3.05) is 13.1 Å². The number of nitrogens with two attached hydrogens (primary N) is 1. The van der Waals surface area contributed by atoms with Crippen LogP contribution in [0.4, 0.5) is 0 Å². The van der Waals surface area contributed by atoms with E-state index >= 15 is 0 Å². The fraction of sp³-hybridized carbons (Fsp3) is 0.714. The summed E-state index contributed by atoms with van der Waals surface area (Å²) < 4.78 is 0. The van der Waals surface area contributed by atoms with Gasteiger partial charge in [-0.25, -0.2) is 0 Å². The Kier molecular flexibility index (Phi) is 4.60. The van der Waals surface area contributed by atoms with Crippen LogP contribution in [0.5, 0.6) is 0 Å². The highest BCUT2D eigenvalue weighted by molar-refractivity contribution is 7.12. The van der Waals surface area contributed by atoms with Gasteiger partial charge < -0.3 is 5.73 Å². The predicted molar refractivity (Wildman–Crippen MR) is 75.5 cm³/mol. The van der Waals surface area contributed by atoms with Gasteiger partial charge in [0.15, 0.2) is 0 Å². The van der Waals surface area contributed by atoms with Gasteiger partial charge in [-0.05, 0) is 51.9 Å². The van der Waals surface area contributed by atoms with Gasteiger partial charge in [0, 0.05) is 15.8 Å². The van der Waals surface area contributed by atoms with Crippen molar-refractivity contribution in [2.24, 2.45) is 5.73 Å². The van der Waals surface area contributed by atoms with Crippen molar-refractivity contribution in [1.29, 1.82) is 0 Å². The third kappa shape index (κ3) is 3.30. The smallest absolute Gasteiger partial charge is 0.0590 e. The molecule has 96 valence electrons. The zero-order valence-corrected chi connectivity index (χ0v) is 11.8. The average molecular weight is 252 g/mol. The molecule has 2 atom stereocenters. The summed E-state index contributed by atoms with van der Waals surface area (Å²) in [6.45, 7) is 6.74. The molecule has 0 aliphatic carbocycles. The molecule has 0 aromatic carbocycles. The summed E-state index contributed by atoms with van der Waals surface area (Å²) in [5.41, 5.74) is 6.22. The zero-order chi connectivity index (χ0) is 12.3. The van der Waals surface area contributed by atoms with Crippen molar-refractivity contribution in [1.82, 2.24) is 4.90 Å². The standard InChI is InChI=1S/C14H24N2S/c1-11-7-8-13(17-11)14(12(2)15)16-9-5-3-4-6-10-16/h7-8,12,14H,3-6,9-10,15H2,1-2H3. The number of hydrogen-bond donors (Lipinski definition) is 1. The fourth-order valence-corrected chi connectivity index (χ4v) is 3.89. The first-order valence-corrected chi connectivity index (χ1v) is 7.56. The van der Waals surface area contributed by atoms with Gasteiger partial charge in [0.25, 0.3) is 0 Å². The van der Waals surface area contributed by atoms with Crippen LogP contribution >= 0.6 is 11.3 Å². The zero-order valence-electron chi connectivity index (χ0n) is 11.0. The Labute approximate surface area is 109 Å². The van der Waals surface area contributed by atoms with Crippen LogP contribution < -0.4 is 5.73 Å². The molecule has 0 bridgehead atoms. The van der Waals surface area contributed by atoms with E-state index in [1.807, 2.05) is 11.3 Å². The second-order valence-corrected chi connectivity index (χ2v) is 6.52. The minimum absolute atomic E-state index is 0.214. The molecule has 1 saturated heterocycles. The SMILES string of the molecule is Cc1ccc(C(C(C)N)N2CCCCCC2)s1. The van der Waals surface area contributed by atoms with E-state index in [4.69, 9.17) is 5.73 Å². The van der Waals surface area contributed by atoms with Gasteiger partial charge in [-0.15, -0.1) is 11.3 Å². The third-order valence-corrected chi connectivity index (χ3v) is 4.66. The molecule has 2 N–H and O–H groups in total. The number of rotatable bonds is 3. The summed E-state index contributed by atoms with van der Waals surface area (Å²) in [5, 5.41) is 0. The van der Waals surface area contributed by atoms with Crippen molar-refractivity contribution < 1.29 is 0 Å². The van der Waals surface area contributed by atoms with Crippen LogP contribution in [0.15, 0.2) is 12.1 Å². The maximum Gasteiger partial charge on any atom is 0.0590 e. The molecule has 2 nitrogen and oxygen atoms in total. The van der Waals surface area contributed by atoms with E-state index in [2.05, 4.69) is 30.9 Å². The summed E-state index contributed by atoms with van der Waals surface area (Å²) in [7, 11) is 0. The lowest BCUT2D eigenvalue weighted by atomic mass is 10.1. The van der Waals surface area contributed by atoms with Gasteiger partial charge in [-0.1, -0.05) is 12.8 Å². The van der Waals surface area contributed by atoms with Crippen LogP contribution in [-0.4, -0.2) is 24.0 Å². The second kappa shape index (κ2) is 5.98. The van der Waals surface area contributed by atoms with E-state index < -0.39 is 0 Å². The van der Waals surface area contributed by atoms with Crippen molar-refractivity contribution in [3.05, 3.63) is 21.9 Å². The number of thiophene rings is 1. The summed E-state index contributed by atoms with van der Waals surface area (Å²) >= 11 is 1.90. The Hall–Kier alpha value is -0.380. The topological polar surface area (TPSA) is 29.3 Å². The first-order chi connectivity index (χ1) is 8.18. The maximum atomic E-state index is 6.22. The molecule has 2 unspecified atom stereocenters. The summed E-state index contributed by atoms with van der Waals surface area (Å²) in [6.07, 6.45) is 5.42. The van der Waals surface area contributed by atoms with Crippen molar-refractivity contribution in [3.8, 4) is 0 Å². The van der Waals surface area contributed by atoms with E-state index in [-0.39, 0.29) is 6.04 Å².